The first-order chi connectivity index (χ1) is 9.22. The van der Waals surface area contributed by atoms with E-state index in [1.165, 1.54) is 5.75 Å². The van der Waals surface area contributed by atoms with Crippen molar-refractivity contribution < 1.29 is 9.53 Å². The maximum atomic E-state index is 12.2. The van der Waals surface area contributed by atoms with Crippen LogP contribution in [0.3, 0.4) is 0 Å². The van der Waals surface area contributed by atoms with Crippen molar-refractivity contribution in [2.45, 2.75) is 51.5 Å². The van der Waals surface area contributed by atoms with Crippen molar-refractivity contribution >= 4 is 17.9 Å². The fraction of sp³-hybridized carbons (Fsp3) is 0.933. The number of likely N-dealkylation sites (tertiary alicyclic amines) is 1. The van der Waals surface area contributed by atoms with Crippen LogP contribution in [0, 0.1) is 5.92 Å². The third kappa shape index (κ3) is 3.61. The minimum absolute atomic E-state index is 0.140. The molecule has 1 amide bonds. The van der Waals surface area contributed by atoms with Crippen LogP contribution in [-0.4, -0.2) is 58.3 Å². The van der Waals surface area contributed by atoms with Crippen molar-refractivity contribution in [1.29, 1.82) is 0 Å². The SMILES string of the molecule is CC(C)CN1CCSC12CCN(C(=O)OC(C)(C)C)C2. The Kier molecular flexibility index (Phi) is 4.59. The molecule has 0 bridgehead atoms. The summed E-state index contributed by atoms with van der Waals surface area (Å²) in [5, 5.41) is 0. The number of hydrogen-bond donors (Lipinski definition) is 0. The third-order valence-electron chi connectivity index (χ3n) is 3.76. The van der Waals surface area contributed by atoms with Gasteiger partial charge in [-0.3, -0.25) is 4.90 Å². The summed E-state index contributed by atoms with van der Waals surface area (Å²) < 4.78 is 5.50. The lowest BCUT2D eigenvalue weighted by Crippen LogP contribution is -2.47. The van der Waals surface area contributed by atoms with Gasteiger partial charge >= 0.3 is 6.09 Å². The molecule has 2 rings (SSSR count). The molecule has 5 heteroatoms. The maximum Gasteiger partial charge on any atom is 0.410 e. The standard InChI is InChI=1S/C15H28N2O2S/c1-12(2)10-17-8-9-20-15(17)6-7-16(11-15)13(18)19-14(3,4)5/h12H,6-11H2,1-5H3. The molecule has 0 aromatic carbocycles. The molecular weight excluding hydrogens is 272 g/mol. The predicted molar refractivity (Wildman–Crippen MR) is 84.0 cm³/mol. The van der Waals surface area contributed by atoms with Crippen LogP contribution >= 0.6 is 11.8 Å². The normalized spacial score (nSPS) is 27.8. The molecule has 0 aromatic heterocycles. The van der Waals surface area contributed by atoms with Crippen LogP contribution in [0.5, 0.6) is 0 Å². The van der Waals surface area contributed by atoms with Crippen molar-refractivity contribution in [1.82, 2.24) is 9.80 Å². The van der Waals surface area contributed by atoms with Crippen LogP contribution in [0.25, 0.3) is 0 Å². The number of hydrogen-bond acceptors (Lipinski definition) is 4. The second-order valence-corrected chi connectivity index (χ2v) is 8.74. The first-order valence-electron chi connectivity index (χ1n) is 7.59. The van der Waals surface area contributed by atoms with Crippen molar-refractivity contribution in [3.63, 3.8) is 0 Å². The molecule has 2 fully saturated rings. The van der Waals surface area contributed by atoms with Gasteiger partial charge in [0.15, 0.2) is 0 Å². The van der Waals surface area contributed by atoms with Crippen molar-refractivity contribution in [3.8, 4) is 0 Å². The average Bonchev–Trinajstić information content (AvgIpc) is 2.85. The molecule has 0 aliphatic carbocycles. The molecule has 2 heterocycles. The summed E-state index contributed by atoms with van der Waals surface area (Å²) in [5.74, 6) is 1.84. The Morgan fingerprint density at radius 1 is 1.35 bits per heavy atom. The topological polar surface area (TPSA) is 32.8 Å². The smallest absolute Gasteiger partial charge is 0.410 e. The molecule has 1 spiro atoms. The van der Waals surface area contributed by atoms with Crippen LogP contribution < -0.4 is 0 Å². The lowest BCUT2D eigenvalue weighted by atomic mass is 10.1. The number of carbonyl (C=O) groups excluding carboxylic acids is 1. The van der Waals surface area contributed by atoms with E-state index in [4.69, 9.17) is 4.74 Å². The van der Waals surface area contributed by atoms with E-state index in [-0.39, 0.29) is 11.0 Å². The third-order valence-corrected chi connectivity index (χ3v) is 5.27. The molecule has 0 radical (unpaired) electrons. The largest absolute Gasteiger partial charge is 0.444 e. The fourth-order valence-corrected chi connectivity index (χ4v) is 4.49. The summed E-state index contributed by atoms with van der Waals surface area (Å²) in [4.78, 5) is 16.8. The molecule has 4 nitrogen and oxygen atoms in total. The minimum atomic E-state index is -0.409. The summed E-state index contributed by atoms with van der Waals surface area (Å²) in [7, 11) is 0. The van der Waals surface area contributed by atoms with E-state index in [1.54, 1.807) is 0 Å². The molecule has 116 valence electrons. The molecule has 2 saturated heterocycles. The Morgan fingerprint density at radius 2 is 2.05 bits per heavy atom. The lowest BCUT2D eigenvalue weighted by molar-refractivity contribution is 0.0275. The second-order valence-electron chi connectivity index (χ2n) is 7.29. The summed E-state index contributed by atoms with van der Waals surface area (Å²) in [6, 6.07) is 0. The summed E-state index contributed by atoms with van der Waals surface area (Å²) in [5.41, 5.74) is -0.409. The summed E-state index contributed by atoms with van der Waals surface area (Å²) in [6.07, 6.45) is 0.898. The average molecular weight is 300 g/mol. The molecule has 2 aliphatic heterocycles. The van der Waals surface area contributed by atoms with Crippen LogP contribution in [0.4, 0.5) is 4.79 Å². The molecule has 0 aromatic rings. The number of amides is 1. The van der Waals surface area contributed by atoms with Gasteiger partial charge in [-0.15, -0.1) is 11.8 Å². The fourth-order valence-electron chi connectivity index (χ4n) is 2.96. The van der Waals surface area contributed by atoms with Crippen LogP contribution in [0.2, 0.25) is 0 Å². The van der Waals surface area contributed by atoms with Gasteiger partial charge in [0.25, 0.3) is 0 Å². The van der Waals surface area contributed by atoms with Crippen molar-refractivity contribution in [2.24, 2.45) is 5.92 Å². The Hall–Kier alpha value is -0.420. The van der Waals surface area contributed by atoms with E-state index in [0.717, 1.165) is 32.6 Å². The van der Waals surface area contributed by atoms with Gasteiger partial charge in [0.05, 0.1) is 11.4 Å². The van der Waals surface area contributed by atoms with Gasteiger partial charge in [-0.05, 0) is 33.1 Å². The van der Waals surface area contributed by atoms with Gasteiger partial charge in [0.2, 0.25) is 0 Å². The molecule has 1 atom stereocenters. The van der Waals surface area contributed by atoms with Gasteiger partial charge in [-0.25, -0.2) is 4.79 Å². The predicted octanol–water partition coefficient (Wildman–Crippen LogP) is 3.03. The van der Waals surface area contributed by atoms with E-state index in [9.17, 15) is 4.79 Å². The number of thioether (sulfide) groups is 1. The first-order valence-corrected chi connectivity index (χ1v) is 8.57. The van der Waals surface area contributed by atoms with Gasteiger partial charge in [-0.1, -0.05) is 13.8 Å². The maximum absolute atomic E-state index is 12.2. The van der Waals surface area contributed by atoms with Crippen LogP contribution in [0.1, 0.15) is 41.0 Å². The zero-order valence-electron chi connectivity index (χ0n) is 13.4. The first kappa shape index (κ1) is 16.0. The summed E-state index contributed by atoms with van der Waals surface area (Å²) >= 11 is 2.02. The highest BCUT2D eigenvalue weighted by Gasteiger charge is 2.48. The number of nitrogens with zero attached hydrogens (tertiary/aromatic N) is 2. The van der Waals surface area contributed by atoms with E-state index in [1.807, 2.05) is 37.4 Å². The Labute approximate surface area is 127 Å². The number of ether oxygens (including phenoxy) is 1. The van der Waals surface area contributed by atoms with Crippen LogP contribution in [-0.2, 0) is 4.74 Å². The highest BCUT2D eigenvalue weighted by Crippen LogP contribution is 2.43. The van der Waals surface area contributed by atoms with Gasteiger partial charge in [-0.2, -0.15) is 0 Å². The minimum Gasteiger partial charge on any atom is -0.444 e. The van der Waals surface area contributed by atoms with E-state index in [0.29, 0.717) is 5.92 Å². The molecule has 20 heavy (non-hydrogen) atoms. The molecule has 0 saturated carbocycles. The molecule has 0 N–H and O–H groups in total. The highest BCUT2D eigenvalue weighted by atomic mass is 32.2. The van der Waals surface area contributed by atoms with E-state index in [2.05, 4.69) is 18.7 Å². The molecular formula is C15H28N2O2S. The van der Waals surface area contributed by atoms with Gasteiger partial charge < -0.3 is 9.64 Å². The second kappa shape index (κ2) is 5.76. The molecule has 2 aliphatic rings. The van der Waals surface area contributed by atoms with Gasteiger partial charge in [0.1, 0.15) is 5.60 Å². The lowest BCUT2D eigenvalue weighted by Gasteiger charge is -2.35. The zero-order valence-corrected chi connectivity index (χ0v) is 14.3. The number of carbonyl (C=O) groups is 1. The zero-order chi connectivity index (χ0) is 15.0. The highest BCUT2D eigenvalue weighted by molar-refractivity contribution is 8.00. The summed E-state index contributed by atoms with van der Waals surface area (Å²) in [6.45, 7) is 14.2. The Morgan fingerprint density at radius 3 is 2.65 bits per heavy atom. The van der Waals surface area contributed by atoms with Crippen molar-refractivity contribution in [3.05, 3.63) is 0 Å². The van der Waals surface area contributed by atoms with Crippen molar-refractivity contribution in [2.75, 3.05) is 31.9 Å². The monoisotopic (exact) mass is 300 g/mol. The Balaban J connectivity index is 1.98. The molecule has 1 unspecified atom stereocenters. The van der Waals surface area contributed by atoms with E-state index >= 15 is 0 Å². The number of rotatable bonds is 2. The quantitative estimate of drug-likeness (QED) is 0.785. The van der Waals surface area contributed by atoms with Crippen LogP contribution in [0.15, 0.2) is 0 Å². The Bertz CT molecular complexity index is 367. The van der Waals surface area contributed by atoms with E-state index < -0.39 is 5.60 Å². The van der Waals surface area contributed by atoms with Gasteiger partial charge in [0, 0.05) is 25.4 Å².